The number of amidine groups is 1. The molecular formula is C11H15FN2O. The zero-order valence-electron chi connectivity index (χ0n) is 8.88. The van der Waals surface area contributed by atoms with Crippen LogP contribution in [0.4, 0.5) is 4.39 Å². The summed E-state index contributed by atoms with van der Waals surface area (Å²) in [6.07, 6.45) is -0.00999. The molecule has 0 amide bonds. The lowest BCUT2D eigenvalue weighted by Gasteiger charge is -2.16. The van der Waals surface area contributed by atoms with Gasteiger partial charge in [0.05, 0.1) is 0 Å². The van der Waals surface area contributed by atoms with Crippen molar-refractivity contribution in [2.45, 2.75) is 26.4 Å². The standard InChI is InChI=1S/C11H15FN2O/c1-3-9(11(13)14)15-10-6-7(2)4-5-8(10)12/h4-6,9H,3H2,1-2H3,(H3,13,14). The fraction of sp³-hybridized carbons (Fsp3) is 0.364. The molecule has 0 aliphatic carbocycles. The Morgan fingerprint density at radius 1 is 1.60 bits per heavy atom. The summed E-state index contributed by atoms with van der Waals surface area (Å²) in [5.41, 5.74) is 6.23. The van der Waals surface area contributed by atoms with E-state index in [2.05, 4.69) is 0 Å². The first-order chi connectivity index (χ1) is 7.04. The van der Waals surface area contributed by atoms with Crippen LogP contribution in [0.5, 0.6) is 5.75 Å². The molecule has 1 atom stereocenters. The van der Waals surface area contributed by atoms with E-state index < -0.39 is 11.9 Å². The van der Waals surface area contributed by atoms with Gasteiger partial charge in [-0.3, -0.25) is 5.41 Å². The molecular weight excluding hydrogens is 195 g/mol. The molecule has 1 unspecified atom stereocenters. The number of hydrogen-bond donors (Lipinski definition) is 2. The average molecular weight is 210 g/mol. The monoisotopic (exact) mass is 210 g/mol. The van der Waals surface area contributed by atoms with Crippen molar-refractivity contribution in [1.82, 2.24) is 0 Å². The summed E-state index contributed by atoms with van der Waals surface area (Å²) in [4.78, 5) is 0. The molecule has 0 spiro atoms. The number of nitrogens with one attached hydrogen (secondary N) is 1. The molecule has 0 aliphatic heterocycles. The van der Waals surface area contributed by atoms with Gasteiger partial charge in [0.15, 0.2) is 17.7 Å². The summed E-state index contributed by atoms with van der Waals surface area (Å²) in [5, 5.41) is 7.26. The van der Waals surface area contributed by atoms with E-state index in [-0.39, 0.29) is 11.6 Å². The normalized spacial score (nSPS) is 12.2. The third kappa shape index (κ3) is 2.94. The average Bonchev–Trinajstić information content (AvgIpc) is 2.18. The fourth-order valence-electron chi connectivity index (χ4n) is 1.22. The van der Waals surface area contributed by atoms with Crippen molar-refractivity contribution >= 4 is 5.84 Å². The molecule has 0 saturated carbocycles. The van der Waals surface area contributed by atoms with E-state index in [9.17, 15) is 4.39 Å². The van der Waals surface area contributed by atoms with Gasteiger partial charge >= 0.3 is 0 Å². The van der Waals surface area contributed by atoms with Crippen molar-refractivity contribution in [2.75, 3.05) is 0 Å². The Balaban J connectivity index is 2.87. The Bertz CT molecular complexity index is 366. The van der Waals surface area contributed by atoms with Gasteiger partial charge in [-0.25, -0.2) is 4.39 Å². The van der Waals surface area contributed by atoms with Crippen molar-refractivity contribution in [3.63, 3.8) is 0 Å². The van der Waals surface area contributed by atoms with Crippen molar-refractivity contribution in [1.29, 1.82) is 5.41 Å². The number of aryl methyl sites for hydroxylation is 1. The highest BCUT2D eigenvalue weighted by Crippen LogP contribution is 2.20. The molecule has 82 valence electrons. The van der Waals surface area contributed by atoms with Crippen LogP contribution in [0.15, 0.2) is 18.2 Å². The summed E-state index contributed by atoms with van der Waals surface area (Å²) in [7, 11) is 0. The predicted molar refractivity (Wildman–Crippen MR) is 57.8 cm³/mol. The molecule has 0 fully saturated rings. The van der Waals surface area contributed by atoms with E-state index >= 15 is 0 Å². The number of rotatable bonds is 4. The van der Waals surface area contributed by atoms with Crippen molar-refractivity contribution in [3.8, 4) is 5.75 Å². The highest BCUT2D eigenvalue weighted by Gasteiger charge is 2.13. The van der Waals surface area contributed by atoms with Crippen LogP contribution in [-0.4, -0.2) is 11.9 Å². The van der Waals surface area contributed by atoms with Gasteiger partial charge in [0, 0.05) is 0 Å². The van der Waals surface area contributed by atoms with E-state index in [4.69, 9.17) is 15.9 Å². The molecule has 1 aromatic rings. The summed E-state index contributed by atoms with van der Waals surface area (Å²) in [5.74, 6) is -0.365. The quantitative estimate of drug-likeness (QED) is 0.591. The minimum atomic E-state index is -0.554. The van der Waals surface area contributed by atoms with Crippen LogP contribution in [0.2, 0.25) is 0 Å². The zero-order valence-corrected chi connectivity index (χ0v) is 8.88. The molecule has 15 heavy (non-hydrogen) atoms. The lowest BCUT2D eigenvalue weighted by molar-refractivity contribution is 0.248. The van der Waals surface area contributed by atoms with Crippen molar-refractivity contribution in [2.24, 2.45) is 5.73 Å². The Labute approximate surface area is 88.6 Å². The van der Waals surface area contributed by atoms with Crippen LogP contribution in [0.3, 0.4) is 0 Å². The number of halogens is 1. The molecule has 0 aliphatic rings. The summed E-state index contributed by atoms with van der Waals surface area (Å²) >= 11 is 0. The first-order valence-electron chi connectivity index (χ1n) is 4.81. The second-order valence-corrected chi connectivity index (χ2v) is 3.40. The van der Waals surface area contributed by atoms with Crippen LogP contribution in [0, 0.1) is 18.2 Å². The number of benzene rings is 1. The lowest BCUT2D eigenvalue weighted by Crippen LogP contribution is -2.32. The van der Waals surface area contributed by atoms with Crippen LogP contribution in [0.1, 0.15) is 18.9 Å². The van der Waals surface area contributed by atoms with Crippen LogP contribution < -0.4 is 10.5 Å². The van der Waals surface area contributed by atoms with E-state index in [0.29, 0.717) is 6.42 Å². The van der Waals surface area contributed by atoms with Gasteiger partial charge < -0.3 is 10.5 Å². The Kier molecular flexibility index (Phi) is 3.66. The minimum absolute atomic E-state index is 0.0848. The second kappa shape index (κ2) is 4.77. The number of ether oxygens (including phenoxy) is 1. The molecule has 0 aromatic heterocycles. The largest absolute Gasteiger partial charge is 0.479 e. The topological polar surface area (TPSA) is 59.1 Å². The Hall–Kier alpha value is -1.58. The SMILES string of the molecule is CCC(Oc1cc(C)ccc1F)C(=N)N. The smallest absolute Gasteiger partial charge is 0.165 e. The van der Waals surface area contributed by atoms with E-state index in [1.54, 1.807) is 12.1 Å². The minimum Gasteiger partial charge on any atom is -0.479 e. The van der Waals surface area contributed by atoms with Crippen LogP contribution >= 0.6 is 0 Å². The van der Waals surface area contributed by atoms with Crippen LogP contribution in [0.25, 0.3) is 0 Å². The third-order valence-corrected chi connectivity index (χ3v) is 2.07. The van der Waals surface area contributed by atoms with Gasteiger partial charge in [0.25, 0.3) is 0 Å². The first-order valence-corrected chi connectivity index (χ1v) is 4.81. The molecule has 0 heterocycles. The Morgan fingerprint density at radius 2 is 2.27 bits per heavy atom. The third-order valence-electron chi connectivity index (χ3n) is 2.07. The van der Waals surface area contributed by atoms with Gasteiger partial charge in [0.1, 0.15) is 5.84 Å². The predicted octanol–water partition coefficient (Wildman–Crippen LogP) is 2.23. The summed E-state index contributed by atoms with van der Waals surface area (Å²) < 4.78 is 18.6. The number of nitrogens with two attached hydrogens (primary N) is 1. The maximum Gasteiger partial charge on any atom is 0.165 e. The van der Waals surface area contributed by atoms with Gasteiger partial charge in [0.2, 0.25) is 0 Å². The van der Waals surface area contributed by atoms with Crippen molar-refractivity contribution < 1.29 is 9.13 Å². The van der Waals surface area contributed by atoms with E-state index in [0.717, 1.165) is 5.56 Å². The summed E-state index contributed by atoms with van der Waals surface area (Å²) in [6, 6.07) is 4.61. The van der Waals surface area contributed by atoms with E-state index in [1.165, 1.54) is 6.07 Å². The van der Waals surface area contributed by atoms with Crippen LogP contribution in [-0.2, 0) is 0 Å². The van der Waals surface area contributed by atoms with Gasteiger partial charge in [-0.15, -0.1) is 0 Å². The van der Waals surface area contributed by atoms with Crippen molar-refractivity contribution in [3.05, 3.63) is 29.6 Å². The van der Waals surface area contributed by atoms with Gasteiger partial charge in [-0.1, -0.05) is 13.0 Å². The van der Waals surface area contributed by atoms with Gasteiger partial charge in [-0.2, -0.15) is 0 Å². The molecule has 0 radical (unpaired) electrons. The summed E-state index contributed by atoms with van der Waals surface area (Å²) in [6.45, 7) is 3.68. The lowest BCUT2D eigenvalue weighted by atomic mass is 10.2. The molecule has 4 heteroatoms. The highest BCUT2D eigenvalue weighted by atomic mass is 19.1. The molecule has 0 saturated heterocycles. The molecule has 1 rings (SSSR count). The molecule has 1 aromatic carbocycles. The first kappa shape index (κ1) is 11.5. The fourth-order valence-corrected chi connectivity index (χ4v) is 1.22. The van der Waals surface area contributed by atoms with Gasteiger partial charge in [-0.05, 0) is 31.0 Å². The zero-order chi connectivity index (χ0) is 11.4. The molecule has 3 nitrogen and oxygen atoms in total. The molecule has 0 bridgehead atoms. The maximum atomic E-state index is 13.3. The maximum absolute atomic E-state index is 13.3. The highest BCUT2D eigenvalue weighted by molar-refractivity contribution is 5.82. The second-order valence-electron chi connectivity index (χ2n) is 3.40. The van der Waals surface area contributed by atoms with E-state index in [1.807, 2.05) is 13.8 Å². The Morgan fingerprint density at radius 3 is 2.80 bits per heavy atom. The number of hydrogen-bond acceptors (Lipinski definition) is 2. The molecule has 3 N–H and O–H groups in total.